The number of unbranched alkanes of at least 4 members (excludes halogenated alkanes) is 1. The van der Waals surface area contributed by atoms with Crippen LogP contribution < -0.4 is 14.2 Å². The van der Waals surface area contributed by atoms with Gasteiger partial charge >= 0.3 is 0 Å². The Kier molecular flexibility index (Phi) is 8.08. The minimum Gasteiger partial charge on any atom is -0.507 e. The average molecular weight is 503 g/mol. The topological polar surface area (TPSA) is 98.2 Å². The van der Waals surface area contributed by atoms with Gasteiger partial charge in [-0.1, -0.05) is 31.5 Å². The predicted molar refractivity (Wildman–Crippen MR) is 138 cm³/mol. The van der Waals surface area contributed by atoms with Gasteiger partial charge in [-0.05, 0) is 53.9 Å². The van der Waals surface area contributed by atoms with Gasteiger partial charge in [-0.25, -0.2) is 0 Å². The first-order chi connectivity index (χ1) is 18.0. The molecule has 1 saturated heterocycles. The van der Waals surface area contributed by atoms with Crippen molar-refractivity contribution < 1.29 is 28.9 Å². The molecule has 0 aliphatic carbocycles. The van der Waals surface area contributed by atoms with Crippen LogP contribution in [0.1, 0.15) is 42.5 Å². The van der Waals surface area contributed by atoms with Gasteiger partial charge in [0.2, 0.25) is 0 Å². The van der Waals surface area contributed by atoms with Gasteiger partial charge in [0.1, 0.15) is 11.5 Å². The molecule has 1 aromatic heterocycles. The summed E-state index contributed by atoms with van der Waals surface area (Å²) in [7, 11) is 3.00. The Morgan fingerprint density at radius 3 is 2.43 bits per heavy atom. The Morgan fingerprint density at radius 2 is 1.78 bits per heavy atom. The van der Waals surface area contributed by atoms with Crippen LogP contribution >= 0.6 is 0 Å². The second-order valence-electron chi connectivity index (χ2n) is 8.63. The van der Waals surface area contributed by atoms with Crippen molar-refractivity contribution >= 4 is 17.4 Å². The molecule has 2 aromatic carbocycles. The van der Waals surface area contributed by atoms with E-state index in [4.69, 9.17) is 14.2 Å². The maximum atomic E-state index is 13.3. The van der Waals surface area contributed by atoms with E-state index in [2.05, 4.69) is 11.9 Å². The zero-order valence-corrected chi connectivity index (χ0v) is 21.1. The SMILES string of the molecule is CCCCOc1ccc(C2/C(=C(/O)c3ccc(OC)c(OC)c3)C(=O)C(=O)N2Cc2cccnc2)cc1. The molecule has 8 heteroatoms. The van der Waals surface area contributed by atoms with Crippen molar-refractivity contribution in [2.24, 2.45) is 0 Å². The summed E-state index contributed by atoms with van der Waals surface area (Å²) in [5, 5.41) is 11.4. The molecule has 1 N–H and O–H groups in total. The quantitative estimate of drug-likeness (QED) is 0.182. The number of hydrogen-bond acceptors (Lipinski definition) is 7. The highest BCUT2D eigenvalue weighted by atomic mass is 16.5. The van der Waals surface area contributed by atoms with Crippen LogP contribution in [0, 0.1) is 0 Å². The molecule has 2 heterocycles. The van der Waals surface area contributed by atoms with Crippen LogP contribution in [0.5, 0.6) is 17.2 Å². The van der Waals surface area contributed by atoms with Gasteiger partial charge in [-0.3, -0.25) is 14.6 Å². The second kappa shape index (κ2) is 11.6. The summed E-state index contributed by atoms with van der Waals surface area (Å²) in [6.45, 7) is 2.85. The van der Waals surface area contributed by atoms with Gasteiger partial charge in [0.25, 0.3) is 11.7 Å². The van der Waals surface area contributed by atoms with Gasteiger partial charge in [-0.15, -0.1) is 0 Å². The summed E-state index contributed by atoms with van der Waals surface area (Å²) in [5.74, 6) is -0.182. The Labute approximate surface area is 216 Å². The molecule has 1 atom stereocenters. The zero-order chi connectivity index (χ0) is 26.4. The van der Waals surface area contributed by atoms with E-state index >= 15 is 0 Å². The van der Waals surface area contributed by atoms with Crippen molar-refractivity contribution in [2.45, 2.75) is 32.4 Å². The largest absolute Gasteiger partial charge is 0.507 e. The number of hydrogen-bond donors (Lipinski definition) is 1. The van der Waals surface area contributed by atoms with Crippen LogP contribution in [0.15, 0.2) is 72.6 Å². The summed E-state index contributed by atoms with van der Waals surface area (Å²) in [4.78, 5) is 32.1. The van der Waals surface area contributed by atoms with Crippen molar-refractivity contribution in [1.82, 2.24) is 9.88 Å². The zero-order valence-electron chi connectivity index (χ0n) is 21.1. The van der Waals surface area contributed by atoms with E-state index < -0.39 is 17.7 Å². The van der Waals surface area contributed by atoms with Crippen molar-refractivity contribution in [3.05, 3.63) is 89.3 Å². The molecular formula is C29H30N2O6. The van der Waals surface area contributed by atoms with E-state index in [1.165, 1.54) is 19.1 Å². The number of nitrogens with zero attached hydrogens (tertiary/aromatic N) is 2. The number of aromatic nitrogens is 1. The van der Waals surface area contributed by atoms with Gasteiger partial charge in [0, 0.05) is 24.5 Å². The summed E-state index contributed by atoms with van der Waals surface area (Å²) >= 11 is 0. The first-order valence-electron chi connectivity index (χ1n) is 12.1. The van der Waals surface area contributed by atoms with Gasteiger partial charge in [0.05, 0.1) is 32.4 Å². The third kappa shape index (κ3) is 5.43. The molecule has 0 bridgehead atoms. The molecule has 192 valence electrons. The summed E-state index contributed by atoms with van der Waals surface area (Å²) < 4.78 is 16.4. The molecule has 8 nitrogen and oxygen atoms in total. The molecule has 1 amide bonds. The highest BCUT2D eigenvalue weighted by Gasteiger charge is 2.46. The molecule has 1 fully saturated rings. The van der Waals surface area contributed by atoms with Crippen molar-refractivity contribution in [2.75, 3.05) is 20.8 Å². The Balaban J connectivity index is 1.79. The summed E-state index contributed by atoms with van der Waals surface area (Å²) in [6.07, 6.45) is 5.26. The number of aliphatic hydroxyl groups is 1. The highest BCUT2D eigenvalue weighted by Crippen LogP contribution is 2.41. The fraction of sp³-hybridized carbons (Fsp3) is 0.276. The number of methoxy groups -OCH3 is 2. The normalized spacial score (nSPS) is 16.6. The van der Waals surface area contributed by atoms with Gasteiger partial charge in [-0.2, -0.15) is 0 Å². The lowest BCUT2D eigenvalue weighted by atomic mass is 9.95. The number of ketones is 1. The number of pyridine rings is 1. The van der Waals surface area contributed by atoms with E-state index in [1.807, 2.05) is 30.3 Å². The van der Waals surface area contributed by atoms with Gasteiger partial charge in [0.15, 0.2) is 11.5 Å². The Morgan fingerprint density at radius 1 is 1.03 bits per heavy atom. The number of ether oxygens (including phenoxy) is 3. The number of aliphatic hydroxyl groups excluding tert-OH is 1. The number of carbonyl (C=O) groups is 2. The summed E-state index contributed by atoms with van der Waals surface area (Å²) in [6, 6.07) is 14.9. The maximum Gasteiger partial charge on any atom is 0.295 e. The van der Waals surface area contributed by atoms with Crippen molar-refractivity contribution in [3.63, 3.8) is 0 Å². The van der Waals surface area contributed by atoms with E-state index in [1.54, 1.807) is 36.7 Å². The molecule has 1 aliphatic heterocycles. The molecule has 3 aromatic rings. The standard InChI is InChI=1S/C29H30N2O6/c1-4-5-15-37-22-11-8-20(9-12-22)26-25(27(32)21-10-13-23(35-2)24(16-21)36-3)28(33)29(34)31(26)18-19-7-6-14-30-17-19/h6-14,16-17,26,32H,4-5,15,18H2,1-3H3/b27-25-. The van der Waals surface area contributed by atoms with E-state index in [9.17, 15) is 14.7 Å². The lowest BCUT2D eigenvalue weighted by Gasteiger charge is -2.25. The third-order valence-electron chi connectivity index (χ3n) is 6.24. The van der Waals surface area contributed by atoms with Crippen molar-refractivity contribution in [1.29, 1.82) is 0 Å². The summed E-state index contributed by atoms with van der Waals surface area (Å²) in [5.41, 5.74) is 1.77. The van der Waals surface area contributed by atoms with E-state index in [0.717, 1.165) is 18.4 Å². The maximum absolute atomic E-state index is 13.3. The van der Waals surface area contributed by atoms with Crippen LogP contribution in [0.4, 0.5) is 0 Å². The van der Waals surface area contributed by atoms with E-state index in [0.29, 0.717) is 35.0 Å². The Bertz CT molecular complexity index is 1290. The number of benzene rings is 2. The highest BCUT2D eigenvalue weighted by molar-refractivity contribution is 6.46. The number of likely N-dealkylation sites (tertiary alicyclic amines) is 1. The minimum atomic E-state index is -0.807. The number of Topliss-reactive ketones (excluding diaryl/α,β-unsaturated/α-hetero) is 1. The monoisotopic (exact) mass is 502 g/mol. The van der Waals surface area contributed by atoms with Crippen LogP contribution in [0.2, 0.25) is 0 Å². The minimum absolute atomic E-state index is 0.000705. The molecular weight excluding hydrogens is 472 g/mol. The van der Waals surface area contributed by atoms with Crippen LogP contribution in [-0.4, -0.2) is 47.5 Å². The number of rotatable bonds is 10. The van der Waals surface area contributed by atoms with E-state index in [-0.39, 0.29) is 17.9 Å². The molecule has 37 heavy (non-hydrogen) atoms. The Hall–Kier alpha value is -4.33. The molecule has 4 rings (SSSR count). The fourth-order valence-corrected chi connectivity index (χ4v) is 4.30. The van der Waals surface area contributed by atoms with Crippen LogP contribution in [0.25, 0.3) is 5.76 Å². The lowest BCUT2D eigenvalue weighted by molar-refractivity contribution is -0.140. The molecule has 0 radical (unpaired) electrons. The number of amides is 1. The average Bonchev–Trinajstić information content (AvgIpc) is 3.18. The molecule has 1 aliphatic rings. The third-order valence-corrected chi connectivity index (χ3v) is 6.24. The molecule has 0 spiro atoms. The first kappa shape index (κ1) is 25.8. The lowest BCUT2D eigenvalue weighted by Crippen LogP contribution is -2.29. The molecule has 0 saturated carbocycles. The van der Waals surface area contributed by atoms with Gasteiger partial charge < -0.3 is 24.2 Å². The van der Waals surface area contributed by atoms with Crippen molar-refractivity contribution in [3.8, 4) is 17.2 Å². The number of carbonyl (C=O) groups excluding carboxylic acids is 2. The smallest absolute Gasteiger partial charge is 0.295 e. The fourth-order valence-electron chi connectivity index (χ4n) is 4.30. The predicted octanol–water partition coefficient (Wildman–Crippen LogP) is 4.90. The van der Waals surface area contributed by atoms with Crippen LogP contribution in [-0.2, 0) is 16.1 Å². The second-order valence-corrected chi connectivity index (χ2v) is 8.63. The first-order valence-corrected chi connectivity index (χ1v) is 12.1. The van der Waals surface area contributed by atoms with Crippen LogP contribution in [0.3, 0.4) is 0 Å². The molecule has 1 unspecified atom stereocenters.